The first-order chi connectivity index (χ1) is 12.0. The molecule has 2 saturated heterocycles. The van der Waals surface area contributed by atoms with Gasteiger partial charge in [0.25, 0.3) is 0 Å². The van der Waals surface area contributed by atoms with Crippen molar-refractivity contribution in [3.8, 4) is 0 Å². The van der Waals surface area contributed by atoms with Gasteiger partial charge in [0.1, 0.15) is 0 Å². The van der Waals surface area contributed by atoms with Crippen molar-refractivity contribution in [3.05, 3.63) is 29.8 Å². The summed E-state index contributed by atoms with van der Waals surface area (Å²) < 4.78 is 0. The highest BCUT2D eigenvalue weighted by molar-refractivity contribution is 6.00. The molecule has 0 bridgehead atoms. The van der Waals surface area contributed by atoms with Crippen LogP contribution in [0.5, 0.6) is 0 Å². The number of carboxylic acid groups (broad SMARTS) is 1. The fourth-order valence-corrected chi connectivity index (χ4v) is 3.82. The van der Waals surface area contributed by atoms with Crippen LogP contribution in [0.4, 0.5) is 5.69 Å². The number of aryl methyl sites for hydroxylation is 1. The highest BCUT2D eigenvalue weighted by Crippen LogP contribution is 2.30. The van der Waals surface area contributed by atoms with E-state index in [0.717, 1.165) is 17.7 Å². The third-order valence-corrected chi connectivity index (χ3v) is 5.22. The van der Waals surface area contributed by atoms with Crippen LogP contribution >= 0.6 is 0 Å². The lowest BCUT2D eigenvalue weighted by Gasteiger charge is -2.32. The maximum Gasteiger partial charge on any atom is 0.308 e. The first-order valence-corrected chi connectivity index (χ1v) is 8.91. The Hall–Kier alpha value is -2.37. The van der Waals surface area contributed by atoms with Crippen LogP contribution in [-0.2, 0) is 20.8 Å². The fraction of sp³-hybridized carbons (Fsp3) is 0.526. The van der Waals surface area contributed by atoms with Gasteiger partial charge in [-0.2, -0.15) is 0 Å². The molecule has 0 spiro atoms. The zero-order valence-corrected chi connectivity index (χ0v) is 14.5. The van der Waals surface area contributed by atoms with Crippen molar-refractivity contribution < 1.29 is 19.5 Å². The van der Waals surface area contributed by atoms with Crippen molar-refractivity contribution in [2.45, 2.75) is 32.6 Å². The van der Waals surface area contributed by atoms with E-state index in [1.165, 1.54) is 0 Å². The van der Waals surface area contributed by atoms with E-state index in [9.17, 15) is 19.5 Å². The van der Waals surface area contributed by atoms with Crippen LogP contribution in [0, 0.1) is 11.8 Å². The van der Waals surface area contributed by atoms with Gasteiger partial charge in [-0.3, -0.25) is 14.4 Å². The average Bonchev–Trinajstić information content (AvgIpc) is 3.02. The molecule has 2 atom stereocenters. The normalized spacial score (nSPS) is 23.8. The van der Waals surface area contributed by atoms with Crippen molar-refractivity contribution in [3.63, 3.8) is 0 Å². The molecule has 3 rings (SSSR count). The molecule has 0 radical (unpaired) electrons. The largest absolute Gasteiger partial charge is 0.481 e. The van der Waals surface area contributed by atoms with E-state index in [-0.39, 0.29) is 30.7 Å². The van der Waals surface area contributed by atoms with Crippen molar-refractivity contribution in [2.24, 2.45) is 11.8 Å². The van der Waals surface area contributed by atoms with Crippen LogP contribution in [0.1, 0.15) is 31.7 Å². The monoisotopic (exact) mass is 344 g/mol. The molecule has 25 heavy (non-hydrogen) atoms. The molecule has 1 N–H and O–H groups in total. The minimum absolute atomic E-state index is 0.0361. The van der Waals surface area contributed by atoms with Crippen LogP contribution in [0.2, 0.25) is 0 Å². The number of aliphatic carboxylic acids is 1. The summed E-state index contributed by atoms with van der Waals surface area (Å²) in [4.78, 5) is 39.8. The van der Waals surface area contributed by atoms with E-state index in [1.807, 2.05) is 31.2 Å². The number of carbonyl (C=O) groups excluding carboxylic acids is 2. The number of amides is 2. The van der Waals surface area contributed by atoms with Gasteiger partial charge in [0.2, 0.25) is 11.8 Å². The molecule has 2 heterocycles. The van der Waals surface area contributed by atoms with E-state index in [2.05, 4.69) is 0 Å². The number of hydrogen-bond donors (Lipinski definition) is 1. The predicted molar refractivity (Wildman–Crippen MR) is 93.2 cm³/mol. The zero-order chi connectivity index (χ0) is 18.0. The second-order valence-electron chi connectivity index (χ2n) is 6.85. The highest BCUT2D eigenvalue weighted by Gasteiger charge is 2.39. The molecule has 2 aliphatic rings. The van der Waals surface area contributed by atoms with Gasteiger partial charge in [-0.25, -0.2) is 0 Å². The van der Waals surface area contributed by atoms with Crippen LogP contribution in [-0.4, -0.2) is 47.4 Å². The number of likely N-dealkylation sites (tertiary alicyclic amines) is 1. The number of piperidine rings is 1. The molecule has 134 valence electrons. The second-order valence-corrected chi connectivity index (χ2v) is 6.85. The first kappa shape index (κ1) is 17.5. The number of anilines is 1. The highest BCUT2D eigenvalue weighted by atomic mass is 16.4. The van der Waals surface area contributed by atoms with Gasteiger partial charge in [0.05, 0.1) is 11.8 Å². The molecule has 1 aromatic rings. The summed E-state index contributed by atoms with van der Waals surface area (Å²) in [6.45, 7) is 3.26. The van der Waals surface area contributed by atoms with Crippen LogP contribution < -0.4 is 4.90 Å². The van der Waals surface area contributed by atoms with E-state index in [1.54, 1.807) is 9.80 Å². The number of para-hydroxylation sites is 1. The molecular formula is C19H24N2O4. The van der Waals surface area contributed by atoms with Gasteiger partial charge < -0.3 is 14.9 Å². The standard InChI is InChI=1S/C19H24N2O4/c1-2-13-6-3-4-8-16(13)21-12-15(10-17(21)22)18(23)20-9-5-7-14(11-20)19(24)25/h3-4,6,8,14-15H,2,5,7,9-12H2,1H3,(H,24,25)/t14-,15-/m1/s1. The maximum absolute atomic E-state index is 12.8. The van der Waals surface area contributed by atoms with E-state index in [4.69, 9.17) is 0 Å². The Bertz CT molecular complexity index is 688. The maximum atomic E-state index is 12.8. The molecule has 6 heteroatoms. The Morgan fingerprint density at radius 1 is 1.20 bits per heavy atom. The quantitative estimate of drug-likeness (QED) is 0.905. The van der Waals surface area contributed by atoms with Crippen molar-refractivity contribution in [1.29, 1.82) is 0 Å². The smallest absolute Gasteiger partial charge is 0.308 e. The summed E-state index contributed by atoms with van der Waals surface area (Å²) >= 11 is 0. The van der Waals surface area contributed by atoms with Gasteiger partial charge in [0.15, 0.2) is 0 Å². The lowest BCUT2D eigenvalue weighted by molar-refractivity contribution is -0.146. The Balaban J connectivity index is 1.71. The van der Waals surface area contributed by atoms with Gasteiger partial charge in [-0.15, -0.1) is 0 Å². The number of nitrogens with zero attached hydrogens (tertiary/aromatic N) is 2. The zero-order valence-electron chi connectivity index (χ0n) is 14.5. The SMILES string of the molecule is CCc1ccccc1N1C[C@H](C(=O)N2CCC[C@@H](C(=O)O)C2)CC1=O. The average molecular weight is 344 g/mol. The third kappa shape index (κ3) is 3.52. The molecule has 2 amide bonds. The summed E-state index contributed by atoms with van der Waals surface area (Å²) in [6, 6.07) is 7.77. The summed E-state index contributed by atoms with van der Waals surface area (Å²) in [7, 11) is 0. The molecular weight excluding hydrogens is 320 g/mol. The summed E-state index contributed by atoms with van der Waals surface area (Å²) in [5, 5.41) is 9.19. The van der Waals surface area contributed by atoms with Gasteiger partial charge in [-0.05, 0) is 30.9 Å². The van der Waals surface area contributed by atoms with Crippen molar-refractivity contribution >= 4 is 23.5 Å². The molecule has 1 aromatic carbocycles. The second kappa shape index (κ2) is 7.25. The minimum atomic E-state index is -0.849. The van der Waals surface area contributed by atoms with Crippen LogP contribution in [0.3, 0.4) is 0 Å². The number of benzene rings is 1. The molecule has 0 aliphatic carbocycles. The predicted octanol–water partition coefficient (Wildman–Crippen LogP) is 1.93. The van der Waals surface area contributed by atoms with E-state index >= 15 is 0 Å². The Morgan fingerprint density at radius 3 is 2.68 bits per heavy atom. The Kier molecular flexibility index (Phi) is 5.06. The van der Waals surface area contributed by atoms with Gasteiger partial charge in [0, 0.05) is 31.7 Å². The first-order valence-electron chi connectivity index (χ1n) is 8.91. The fourth-order valence-electron chi connectivity index (χ4n) is 3.82. The molecule has 0 aromatic heterocycles. The van der Waals surface area contributed by atoms with Crippen LogP contribution in [0.15, 0.2) is 24.3 Å². The van der Waals surface area contributed by atoms with Crippen molar-refractivity contribution in [1.82, 2.24) is 4.90 Å². The lowest BCUT2D eigenvalue weighted by Crippen LogP contribution is -2.45. The summed E-state index contributed by atoms with van der Waals surface area (Å²) in [6.07, 6.45) is 2.33. The molecule has 0 saturated carbocycles. The topological polar surface area (TPSA) is 77.9 Å². The number of hydrogen-bond acceptors (Lipinski definition) is 3. The third-order valence-electron chi connectivity index (χ3n) is 5.22. The van der Waals surface area contributed by atoms with Crippen LogP contribution in [0.25, 0.3) is 0 Å². The number of carboxylic acids is 1. The molecule has 6 nitrogen and oxygen atoms in total. The van der Waals surface area contributed by atoms with E-state index in [0.29, 0.717) is 25.9 Å². The number of carbonyl (C=O) groups is 3. The Morgan fingerprint density at radius 2 is 1.96 bits per heavy atom. The number of rotatable bonds is 4. The molecule has 2 fully saturated rings. The van der Waals surface area contributed by atoms with E-state index < -0.39 is 11.9 Å². The van der Waals surface area contributed by atoms with Gasteiger partial charge in [-0.1, -0.05) is 25.1 Å². The lowest BCUT2D eigenvalue weighted by atomic mass is 9.96. The molecule has 0 unspecified atom stereocenters. The summed E-state index contributed by atoms with van der Waals surface area (Å²) in [5.41, 5.74) is 1.97. The summed E-state index contributed by atoms with van der Waals surface area (Å²) in [5.74, 6) is -1.85. The minimum Gasteiger partial charge on any atom is -0.481 e. The van der Waals surface area contributed by atoms with Crippen molar-refractivity contribution in [2.75, 3.05) is 24.5 Å². The van der Waals surface area contributed by atoms with Gasteiger partial charge >= 0.3 is 5.97 Å². The Labute approximate surface area is 147 Å². The molecule has 2 aliphatic heterocycles.